The zero-order chi connectivity index (χ0) is 11.4. The molecule has 1 saturated heterocycles. The molecule has 1 amide bonds. The maximum absolute atomic E-state index is 10.5. The fraction of sp³-hybridized carbons (Fsp3) is 0.333. The van der Waals surface area contributed by atoms with Gasteiger partial charge in [-0.1, -0.05) is 12.1 Å². The summed E-state index contributed by atoms with van der Waals surface area (Å²) in [4.78, 5) is 14.2. The van der Waals surface area contributed by atoms with E-state index in [1.54, 1.807) is 4.90 Å². The molecule has 1 aliphatic rings. The summed E-state index contributed by atoms with van der Waals surface area (Å²) < 4.78 is 0. The van der Waals surface area contributed by atoms with Crippen molar-refractivity contribution in [2.24, 2.45) is 0 Å². The average Bonchev–Trinajstić information content (AvgIpc) is 2.39. The van der Waals surface area contributed by atoms with Gasteiger partial charge in [-0.15, -0.1) is 0 Å². The molecule has 0 bridgehead atoms. The molecule has 2 rings (SSSR count). The third-order valence-corrected chi connectivity index (χ3v) is 2.77. The van der Waals surface area contributed by atoms with Gasteiger partial charge in [0, 0.05) is 26.2 Å². The van der Waals surface area contributed by atoms with E-state index in [9.17, 15) is 4.79 Å². The molecule has 1 fully saturated rings. The molecule has 16 heavy (non-hydrogen) atoms. The Morgan fingerprint density at radius 2 is 1.81 bits per heavy atom. The van der Waals surface area contributed by atoms with Gasteiger partial charge in [0.1, 0.15) is 6.07 Å². The number of nitriles is 1. The fourth-order valence-corrected chi connectivity index (χ4v) is 1.88. The van der Waals surface area contributed by atoms with Crippen LogP contribution in [-0.4, -0.2) is 37.5 Å². The summed E-state index contributed by atoms with van der Waals surface area (Å²) in [7, 11) is 0. The predicted octanol–water partition coefficient (Wildman–Crippen LogP) is 0.747. The Bertz CT molecular complexity index is 417. The third-order valence-electron chi connectivity index (χ3n) is 2.77. The fourth-order valence-electron chi connectivity index (χ4n) is 1.88. The van der Waals surface area contributed by atoms with E-state index in [0.717, 1.165) is 18.8 Å². The van der Waals surface area contributed by atoms with Gasteiger partial charge in [-0.25, -0.2) is 0 Å². The minimum atomic E-state index is 0.670. The summed E-state index contributed by atoms with van der Waals surface area (Å²) in [5.41, 5.74) is 1.64. The highest BCUT2D eigenvalue weighted by Gasteiger charge is 2.17. The number of piperazine rings is 1. The van der Waals surface area contributed by atoms with Gasteiger partial charge < -0.3 is 9.80 Å². The van der Waals surface area contributed by atoms with E-state index < -0.39 is 0 Å². The number of hydrogen-bond donors (Lipinski definition) is 0. The van der Waals surface area contributed by atoms with Crippen LogP contribution in [0.1, 0.15) is 5.56 Å². The third kappa shape index (κ3) is 1.98. The van der Waals surface area contributed by atoms with Crippen LogP contribution >= 0.6 is 0 Å². The van der Waals surface area contributed by atoms with Crippen LogP contribution in [0.15, 0.2) is 24.3 Å². The Morgan fingerprint density at radius 3 is 2.44 bits per heavy atom. The first-order chi connectivity index (χ1) is 7.85. The lowest BCUT2D eigenvalue weighted by atomic mass is 10.1. The lowest BCUT2D eigenvalue weighted by molar-refractivity contribution is 0.356. The number of para-hydroxylation sites is 1. The number of hydrogen-bond acceptors (Lipinski definition) is 3. The molecule has 1 radical (unpaired) electrons. The second-order valence-electron chi connectivity index (χ2n) is 3.69. The van der Waals surface area contributed by atoms with E-state index in [4.69, 9.17) is 5.26 Å². The highest BCUT2D eigenvalue weighted by Crippen LogP contribution is 2.20. The van der Waals surface area contributed by atoms with Crippen molar-refractivity contribution in [3.05, 3.63) is 29.8 Å². The van der Waals surface area contributed by atoms with Crippen LogP contribution in [0.25, 0.3) is 0 Å². The number of carbonyl (C=O) groups excluding carboxylic acids is 1. The minimum absolute atomic E-state index is 0.670. The van der Waals surface area contributed by atoms with Crippen molar-refractivity contribution in [1.29, 1.82) is 5.26 Å². The second kappa shape index (κ2) is 4.67. The lowest BCUT2D eigenvalue weighted by Gasteiger charge is -2.34. The maximum atomic E-state index is 10.5. The summed E-state index contributed by atoms with van der Waals surface area (Å²) in [6, 6.07) is 9.73. The van der Waals surface area contributed by atoms with Crippen LogP contribution in [-0.2, 0) is 4.79 Å². The van der Waals surface area contributed by atoms with Crippen molar-refractivity contribution in [2.75, 3.05) is 31.1 Å². The molecule has 0 spiro atoms. The Morgan fingerprint density at radius 1 is 1.12 bits per heavy atom. The lowest BCUT2D eigenvalue weighted by Crippen LogP contribution is -2.45. The summed E-state index contributed by atoms with van der Waals surface area (Å²) in [5.74, 6) is 0. The van der Waals surface area contributed by atoms with Gasteiger partial charge in [-0.3, -0.25) is 4.79 Å². The summed E-state index contributed by atoms with van der Waals surface area (Å²) in [6.07, 6.45) is 1.90. The van der Waals surface area contributed by atoms with Crippen molar-refractivity contribution in [1.82, 2.24) is 4.90 Å². The summed E-state index contributed by atoms with van der Waals surface area (Å²) in [5, 5.41) is 9.00. The zero-order valence-corrected chi connectivity index (χ0v) is 8.89. The molecule has 81 valence electrons. The van der Waals surface area contributed by atoms with Crippen molar-refractivity contribution in [3.63, 3.8) is 0 Å². The van der Waals surface area contributed by atoms with Crippen LogP contribution in [0.4, 0.5) is 5.69 Å². The largest absolute Gasteiger partial charge is 0.367 e. The molecule has 0 aliphatic carbocycles. The van der Waals surface area contributed by atoms with Crippen LogP contribution < -0.4 is 4.90 Å². The van der Waals surface area contributed by atoms with Gasteiger partial charge in [0.15, 0.2) is 0 Å². The molecule has 1 aromatic rings. The number of benzene rings is 1. The van der Waals surface area contributed by atoms with Crippen molar-refractivity contribution in [2.45, 2.75) is 0 Å². The van der Waals surface area contributed by atoms with Crippen molar-refractivity contribution in [3.8, 4) is 6.07 Å². The van der Waals surface area contributed by atoms with E-state index in [2.05, 4.69) is 11.0 Å². The quantitative estimate of drug-likeness (QED) is 0.729. The van der Waals surface area contributed by atoms with Crippen LogP contribution in [0.3, 0.4) is 0 Å². The number of nitrogens with zero attached hydrogens (tertiary/aromatic N) is 3. The average molecular weight is 214 g/mol. The minimum Gasteiger partial charge on any atom is -0.367 e. The molecule has 0 saturated carbocycles. The van der Waals surface area contributed by atoms with Gasteiger partial charge in [-0.2, -0.15) is 5.26 Å². The van der Waals surface area contributed by atoms with E-state index >= 15 is 0 Å². The van der Waals surface area contributed by atoms with Gasteiger partial charge >= 0.3 is 6.41 Å². The molecular formula is C12H12N3O. The summed E-state index contributed by atoms with van der Waals surface area (Å²) >= 11 is 0. The van der Waals surface area contributed by atoms with Crippen LogP contribution in [0.2, 0.25) is 0 Å². The molecule has 4 heteroatoms. The topological polar surface area (TPSA) is 47.3 Å². The van der Waals surface area contributed by atoms with Gasteiger partial charge in [-0.05, 0) is 12.1 Å². The van der Waals surface area contributed by atoms with Crippen molar-refractivity contribution >= 4 is 12.1 Å². The monoisotopic (exact) mass is 214 g/mol. The summed E-state index contributed by atoms with van der Waals surface area (Å²) in [6.45, 7) is 2.86. The SMILES string of the molecule is N#Cc1ccccc1N1CCN([C]=O)CC1. The molecule has 0 atom stereocenters. The van der Waals surface area contributed by atoms with Crippen LogP contribution in [0, 0.1) is 11.3 Å². The van der Waals surface area contributed by atoms with E-state index in [1.165, 1.54) is 0 Å². The molecular weight excluding hydrogens is 202 g/mol. The van der Waals surface area contributed by atoms with E-state index in [-0.39, 0.29) is 0 Å². The number of anilines is 1. The molecule has 1 aromatic carbocycles. The van der Waals surface area contributed by atoms with Crippen molar-refractivity contribution < 1.29 is 4.79 Å². The first kappa shape index (κ1) is 10.5. The second-order valence-corrected chi connectivity index (χ2v) is 3.69. The highest BCUT2D eigenvalue weighted by atomic mass is 16.1. The Kier molecular flexibility index (Phi) is 3.06. The molecule has 0 unspecified atom stereocenters. The first-order valence-corrected chi connectivity index (χ1v) is 5.22. The normalized spacial score (nSPS) is 15.7. The van der Waals surface area contributed by atoms with Crippen LogP contribution in [0.5, 0.6) is 0 Å². The molecule has 1 heterocycles. The molecule has 0 aromatic heterocycles. The first-order valence-electron chi connectivity index (χ1n) is 5.22. The Balaban J connectivity index is 2.14. The standard InChI is InChI=1S/C12H12N3O/c13-9-11-3-1-2-4-12(11)15-7-5-14(10-16)6-8-15/h1-4H,5-8H2. The Labute approximate surface area is 94.7 Å². The predicted molar refractivity (Wildman–Crippen MR) is 60.6 cm³/mol. The van der Waals surface area contributed by atoms with E-state index in [1.807, 2.05) is 30.7 Å². The van der Waals surface area contributed by atoms with Gasteiger partial charge in [0.25, 0.3) is 0 Å². The van der Waals surface area contributed by atoms with Gasteiger partial charge in [0.2, 0.25) is 0 Å². The smallest absolute Gasteiger partial charge is 0.312 e. The highest BCUT2D eigenvalue weighted by molar-refractivity contribution is 5.60. The van der Waals surface area contributed by atoms with E-state index in [0.29, 0.717) is 18.7 Å². The molecule has 4 nitrogen and oxygen atoms in total. The molecule has 1 aliphatic heterocycles. The Hall–Kier alpha value is -2.02. The maximum Gasteiger partial charge on any atom is 0.312 e. The number of rotatable bonds is 2. The van der Waals surface area contributed by atoms with Gasteiger partial charge in [0.05, 0.1) is 11.3 Å². The number of amides is 1. The molecule has 0 N–H and O–H groups in total. The zero-order valence-electron chi connectivity index (χ0n) is 8.89.